The molecule has 2 heterocycles. The predicted octanol–water partition coefficient (Wildman–Crippen LogP) is 1.66. The number of aliphatic hydroxyl groups is 1. The van der Waals surface area contributed by atoms with Crippen LogP contribution in [0.1, 0.15) is 25.7 Å². The van der Waals surface area contributed by atoms with E-state index in [0.29, 0.717) is 18.4 Å². The molecule has 2 aromatic rings. The van der Waals surface area contributed by atoms with Gasteiger partial charge in [0.15, 0.2) is 5.65 Å². The zero-order valence-electron chi connectivity index (χ0n) is 10.2. The normalized spacial score (nSPS) is 24.3. The lowest BCUT2D eigenvalue weighted by Crippen LogP contribution is -2.25. The highest BCUT2D eigenvalue weighted by Gasteiger charge is 2.22. The molecule has 1 aliphatic rings. The lowest BCUT2D eigenvalue weighted by Gasteiger charge is -2.27. The minimum Gasteiger partial charge on any atom is -0.474 e. The summed E-state index contributed by atoms with van der Waals surface area (Å²) in [7, 11) is 0. The second-order valence-electron chi connectivity index (χ2n) is 4.84. The summed E-state index contributed by atoms with van der Waals surface area (Å²) in [6, 6.07) is 3.70. The lowest BCUT2D eigenvalue weighted by molar-refractivity contribution is 0.101. The minimum absolute atomic E-state index is 0.227. The van der Waals surface area contributed by atoms with E-state index in [4.69, 9.17) is 9.84 Å². The van der Waals surface area contributed by atoms with Crippen molar-refractivity contribution in [2.75, 3.05) is 6.61 Å². The van der Waals surface area contributed by atoms with Gasteiger partial charge in [0.1, 0.15) is 6.10 Å². The molecule has 0 atom stereocenters. The molecule has 1 N–H and O–H groups in total. The van der Waals surface area contributed by atoms with Crippen LogP contribution in [-0.2, 0) is 0 Å². The van der Waals surface area contributed by atoms with Gasteiger partial charge in [-0.1, -0.05) is 0 Å². The van der Waals surface area contributed by atoms with E-state index in [0.717, 1.165) is 31.3 Å². The van der Waals surface area contributed by atoms with E-state index in [1.807, 2.05) is 18.3 Å². The lowest BCUT2D eigenvalue weighted by atomic mass is 9.88. The maximum Gasteiger partial charge on any atom is 0.217 e. The average Bonchev–Trinajstić information content (AvgIpc) is 2.87. The monoisotopic (exact) mass is 247 g/mol. The Morgan fingerprint density at radius 3 is 2.89 bits per heavy atom. The Labute approximate surface area is 105 Å². The highest BCUT2D eigenvalue weighted by atomic mass is 16.5. The quantitative estimate of drug-likeness (QED) is 0.896. The third kappa shape index (κ3) is 2.31. The molecule has 2 aromatic heterocycles. The number of hydrogen-bond donors (Lipinski definition) is 1. The summed E-state index contributed by atoms with van der Waals surface area (Å²) in [5.74, 6) is 1.12. The van der Waals surface area contributed by atoms with Gasteiger partial charge in [0.05, 0.1) is 6.20 Å². The van der Waals surface area contributed by atoms with Crippen LogP contribution in [0.15, 0.2) is 24.5 Å². The van der Waals surface area contributed by atoms with E-state index in [1.165, 1.54) is 0 Å². The van der Waals surface area contributed by atoms with Crippen LogP contribution >= 0.6 is 0 Å². The summed E-state index contributed by atoms with van der Waals surface area (Å²) >= 11 is 0. The molecular weight excluding hydrogens is 230 g/mol. The van der Waals surface area contributed by atoms with Gasteiger partial charge in [-0.25, -0.2) is 4.52 Å². The molecular formula is C13H17N3O2. The van der Waals surface area contributed by atoms with Gasteiger partial charge < -0.3 is 9.84 Å². The Morgan fingerprint density at radius 1 is 1.28 bits per heavy atom. The number of ether oxygens (including phenoxy) is 1. The van der Waals surface area contributed by atoms with Crippen molar-refractivity contribution in [2.24, 2.45) is 5.92 Å². The van der Waals surface area contributed by atoms with Crippen molar-refractivity contribution >= 4 is 5.65 Å². The molecule has 0 unspecified atom stereocenters. The van der Waals surface area contributed by atoms with E-state index in [2.05, 4.69) is 10.1 Å². The maximum atomic E-state index is 9.10. The van der Waals surface area contributed by atoms with Crippen molar-refractivity contribution < 1.29 is 9.84 Å². The van der Waals surface area contributed by atoms with E-state index in [1.54, 1.807) is 10.7 Å². The van der Waals surface area contributed by atoms with Gasteiger partial charge in [-0.3, -0.25) is 0 Å². The van der Waals surface area contributed by atoms with Gasteiger partial charge in [-0.2, -0.15) is 10.1 Å². The third-order valence-electron chi connectivity index (χ3n) is 3.57. The Hall–Kier alpha value is -1.62. The first-order chi connectivity index (χ1) is 8.85. The third-order valence-corrected chi connectivity index (χ3v) is 3.57. The van der Waals surface area contributed by atoms with E-state index >= 15 is 0 Å². The van der Waals surface area contributed by atoms with Crippen molar-refractivity contribution in [3.63, 3.8) is 0 Å². The Balaban J connectivity index is 1.65. The number of fused-ring (bicyclic) bond motifs is 1. The van der Waals surface area contributed by atoms with Gasteiger partial charge >= 0.3 is 0 Å². The van der Waals surface area contributed by atoms with E-state index < -0.39 is 0 Å². The number of aliphatic hydroxyl groups excluding tert-OH is 1. The molecule has 5 heteroatoms. The molecule has 0 aliphatic heterocycles. The summed E-state index contributed by atoms with van der Waals surface area (Å²) < 4.78 is 7.61. The summed E-state index contributed by atoms with van der Waals surface area (Å²) in [6.45, 7) is 0.298. The smallest absolute Gasteiger partial charge is 0.217 e. The summed E-state index contributed by atoms with van der Waals surface area (Å²) in [5.41, 5.74) is 0.802. The van der Waals surface area contributed by atoms with Crippen LogP contribution in [0.3, 0.4) is 0 Å². The first kappa shape index (κ1) is 11.5. The summed E-state index contributed by atoms with van der Waals surface area (Å²) in [6.07, 6.45) is 7.88. The number of hydrogen-bond acceptors (Lipinski definition) is 4. The number of aromatic nitrogens is 3. The second kappa shape index (κ2) is 4.94. The maximum absolute atomic E-state index is 9.10. The largest absolute Gasteiger partial charge is 0.474 e. The van der Waals surface area contributed by atoms with Crippen LogP contribution in [0.2, 0.25) is 0 Å². The molecule has 1 saturated carbocycles. The van der Waals surface area contributed by atoms with Crippen LogP contribution in [-0.4, -0.2) is 32.4 Å². The fraction of sp³-hybridized carbons (Fsp3) is 0.538. The van der Waals surface area contributed by atoms with Gasteiger partial charge in [0, 0.05) is 24.9 Å². The molecule has 3 rings (SSSR count). The molecule has 1 fully saturated rings. The van der Waals surface area contributed by atoms with Crippen molar-refractivity contribution in [1.82, 2.24) is 14.6 Å². The second-order valence-corrected chi connectivity index (χ2v) is 4.84. The first-order valence-corrected chi connectivity index (χ1v) is 6.43. The van der Waals surface area contributed by atoms with Crippen LogP contribution in [0.5, 0.6) is 5.88 Å². The topological polar surface area (TPSA) is 59.7 Å². The molecule has 96 valence electrons. The number of nitrogens with zero attached hydrogens (tertiary/aromatic N) is 3. The molecule has 0 saturated heterocycles. The first-order valence-electron chi connectivity index (χ1n) is 6.43. The highest BCUT2D eigenvalue weighted by molar-refractivity contribution is 5.37. The van der Waals surface area contributed by atoms with Gasteiger partial charge in [-0.05, 0) is 31.6 Å². The van der Waals surface area contributed by atoms with E-state index in [9.17, 15) is 0 Å². The van der Waals surface area contributed by atoms with Crippen molar-refractivity contribution in [2.45, 2.75) is 31.8 Å². The molecule has 0 amide bonds. The van der Waals surface area contributed by atoms with Crippen LogP contribution < -0.4 is 4.74 Å². The van der Waals surface area contributed by atoms with Crippen LogP contribution in [0.25, 0.3) is 5.65 Å². The molecule has 18 heavy (non-hydrogen) atoms. The van der Waals surface area contributed by atoms with Crippen LogP contribution in [0.4, 0.5) is 0 Å². The zero-order chi connectivity index (χ0) is 12.4. The molecule has 0 spiro atoms. The Kier molecular flexibility index (Phi) is 3.15. The fourth-order valence-corrected chi connectivity index (χ4v) is 2.46. The minimum atomic E-state index is 0.227. The van der Waals surface area contributed by atoms with Crippen molar-refractivity contribution in [1.29, 1.82) is 0 Å². The summed E-state index contributed by atoms with van der Waals surface area (Å²) in [5, 5.41) is 13.2. The van der Waals surface area contributed by atoms with Crippen molar-refractivity contribution in [3.05, 3.63) is 24.5 Å². The molecule has 1 aliphatic carbocycles. The van der Waals surface area contributed by atoms with Gasteiger partial charge in [-0.15, -0.1) is 0 Å². The Morgan fingerprint density at radius 2 is 2.11 bits per heavy atom. The molecule has 0 radical (unpaired) electrons. The summed E-state index contributed by atoms with van der Waals surface area (Å²) in [4.78, 5) is 4.40. The average molecular weight is 247 g/mol. The highest BCUT2D eigenvalue weighted by Crippen LogP contribution is 2.26. The zero-order valence-corrected chi connectivity index (χ0v) is 10.2. The fourth-order valence-electron chi connectivity index (χ4n) is 2.46. The molecule has 5 nitrogen and oxygen atoms in total. The standard InChI is InChI=1S/C13H17N3O2/c17-9-10-1-3-11(4-2-10)18-13-6-8-16-12(15-13)5-7-14-16/h5-8,10-11,17H,1-4,9H2. The Bertz CT molecular complexity index is 518. The SMILES string of the molecule is OCC1CCC(Oc2ccn3nccc3n2)CC1. The van der Waals surface area contributed by atoms with Gasteiger partial charge in [0.25, 0.3) is 0 Å². The van der Waals surface area contributed by atoms with Gasteiger partial charge in [0.2, 0.25) is 5.88 Å². The van der Waals surface area contributed by atoms with Crippen molar-refractivity contribution in [3.8, 4) is 5.88 Å². The number of rotatable bonds is 3. The molecule has 0 aromatic carbocycles. The van der Waals surface area contributed by atoms with E-state index in [-0.39, 0.29) is 6.10 Å². The predicted molar refractivity (Wildman–Crippen MR) is 66.4 cm³/mol. The van der Waals surface area contributed by atoms with Crippen LogP contribution in [0, 0.1) is 5.92 Å². The molecule has 0 bridgehead atoms.